The quantitative estimate of drug-likeness (QED) is 0.710. The number of anilines is 1. The zero-order chi connectivity index (χ0) is 20.2. The summed E-state index contributed by atoms with van der Waals surface area (Å²) in [6.07, 6.45) is 0. The van der Waals surface area contributed by atoms with E-state index in [2.05, 4.69) is 5.32 Å². The van der Waals surface area contributed by atoms with Crippen LogP contribution in [0.1, 0.15) is 24.2 Å². The van der Waals surface area contributed by atoms with E-state index in [9.17, 15) is 13.2 Å². The topological polar surface area (TPSA) is 75.7 Å². The van der Waals surface area contributed by atoms with Gasteiger partial charge in [0.15, 0.2) is 0 Å². The summed E-state index contributed by atoms with van der Waals surface area (Å²) < 4.78 is 31.9. The third-order valence-corrected chi connectivity index (χ3v) is 6.55. The van der Waals surface area contributed by atoms with Crippen LogP contribution in [0.4, 0.5) is 5.69 Å². The van der Waals surface area contributed by atoms with Gasteiger partial charge < -0.3 is 10.1 Å². The third kappa shape index (κ3) is 4.73. The first-order valence-electron chi connectivity index (χ1n) is 8.19. The summed E-state index contributed by atoms with van der Waals surface area (Å²) in [7, 11) is -2.26. The van der Waals surface area contributed by atoms with Crippen molar-refractivity contribution in [2.75, 3.05) is 25.5 Å². The first kappa shape index (κ1) is 21.5. The zero-order valence-electron chi connectivity index (χ0n) is 15.1. The summed E-state index contributed by atoms with van der Waals surface area (Å²) in [6.45, 7) is 4.14. The number of hydrogen-bond acceptors (Lipinski definition) is 4. The Kier molecular flexibility index (Phi) is 7.11. The number of rotatable bonds is 7. The van der Waals surface area contributed by atoms with Crippen molar-refractivity contribution in [1.82, 2.24) is 4.31 Å². The molecule has 0 atom stereocenters. The maximum absolute atomic E-state index is 12.7. The molecular formula is C18H20Cl2N2O4S. The predicted octanol–water partition coefficient (Wildman–Crippen LogP) is 4.28. The van der Waals surface area contributed by atoms with Crippen LogP contribution in [0.25, 0.3) is 0 Å². The van der Waals surface area contributed by atoms with Crippen molar-refractivity contribution < 1.29 is 17.9 Å². The minimum absolute atomic E-state index is 0.00110. The molecule has 0 unspecified atom stereocenters. The first-order valence-corrected chi connectivity index (χ1v) is 10.4. The maximum Gasteiger partial charge on any atom is 0.257 e. The van der Waals surface area contributed by atoms with Gasteiger partial charge in [-0.3, -0.25) is 4.79 Å². The number of nitrogens with zero attached hydrogens (tertiary/aromatic N) is 1. The van der Waals surface area contributed by atoms with Crippen molar-refractivity contribution in [1.29, 1.82) is 0 Å². The average Bonchev–Trinajstić information content (AvgIpc) is 2.62. The number of halogens is 2. The van der Waals surface area contributed by atoms with Gasteiger partial charge in [0, 0.05) is 18.1 Å². The number of nitrogens with one attached hydrogen (secondary N) is 1. The summed E-state index contributed by atoms with van der Waals surface area (Å²) in [5, 5.41) is 3.20. The molecule has 0 saturated carbocycles. The molecule has 1 N–H and O–H groups in total. The lowest BCUT2D eigenvalue weighted by molar-refractivity contribution is 0.102. The van der Waals surface area contributed by atoms with Crippen molar-refractivity contribution in [3.8, 4) is 5.75 Å². The molecule has 1 amide bonds. The molecule has 0 radical (unpaired) electrons. The second-order valence-electron chi connectivity index (χ2n) is 5.53. The van der Waals surface area contributed by atoms with Crippen molar-refractivity contribution in [2.24, 2.45) is 0 Å². The number of hydrogen-bond donors (Lipinski definition) is 1. The standard InChI is InChI=1S/C18H20Cl2N2O4S/c1-4-22(5-2)27(24,25)13-7-8-15(20)14(11-13)18(23)21-16-10-12(19)6-9-17(16)26-3/h6-11H,4-5H2,1-3H3,(H,21,23). The van der Waals surface area contributed by atoms with Crippen LogP contribution in [0.3, 0.4) is 0 Å². The van der Waals surface area contributed by atoms with Crippen LogP contribution in [-0.2, 0) is 10.0 Å². The van der Waals surface area contributed by atoms with E-state index in [1.165, 1.54) is 35.7 Å². The molecule has 0 heterocycles. The molecule has 0 aliphatic rings. The van der Waals surface area contributed by atoms with Crippen molar-refractivity contribution in [3.63, 3.8) is 0 Å². The van der Waals surface area contributed by atoms with E-state index in [1.54, 1.807) is 26.0 Å². The van der Waals surface area contributed by atoms with Crippen LogP contribution in [0.15, 0.2) is 41.3 Å². The van der Waals surface area contributed by atoms with Gasteiger partial charge in [0.25, 0.3) is 5.91 Å². The highest BCUT2D eigenvalue weighted by Gasteiger charge is 2.24. The van der Waals surface area contributed by atoms with Gasteiger partial charge in [0.1, 0.15) is 5.75 Å². The van der Waals surface area contributed by atoms with Crippen molar-refractivity contribution >= 4 is 44.8 Å². The molecule has 0 aliphatic carbocycles. The Bertz CT molecular complexity index is 944. The lowest BCUT2D eigenvalue weighted by Gasteiger charge is -2.19. The number of sulfonamides is 1. The van der Waals surface area contributed by atoms with Gasteiger partial charge in [-0.05, 0) is 36.4 Å². The van der Waals surface area contributed by atoms with Gasteiger partial charge in [-0.25, -0.2) is 8.42 Å². The molecule has 0 saturated heterocycles. The first-order chi connectivity index (χ1) is 12.7. The highest BCUT2D eigenvalue weighted by atomic mass is 35.5. The average molecular weight is 431 g/mol. The lowest BCUT2D eigenvalue weighted by Crippen LogP contribution is -2.30. The number of methoxy groups -OCH3 is 1. The number of carbonyl (C=O) groups is 1. The minimum atomic E-state index is -3.72. The summed E-state index contributed by atoms with van der Waals surface area (Å²) in [4.78, 5) is 12.7. The Morgan fingerprint density at radius 1 is 1.11 bits per heavy atom. The predicted molar refractivity (Wildman–Crippen MR) is 108 cm³/mol. The van der Waals surface area contributed by atoms with Gasteiger partial charge in [-0.2, -0.15) is 4.31 Å². The van der Waals surface area contributed by atoms with Crippen molar-refractivity contribution in [3.05, 3.63) is 52.0 Å². The summed E-state index contributed by atoms with van der Waals surface area (Å²) >= 11 is 12.1. The number of benzene rings is 2. The number of ether oxygens (including phenoxy) is 1. The lowest BCUT2D eigenvalue weighted by atomic mass is 10.2. The highest BCUT2D eigenvalue weighted by molar-refractivity contribution is 7.89. The van der Waals surface area contributed by atoms with Crippen LogP contribution in [-0.4, -0.2) is 38.8 Å². The van der Waals surface area contributed by atoms with E-state index >= 15 is 0 Å². The SMILES string of the molecule is CCN(CC)S(=O)(=O)c1ccc(Cl)c(C(=O)Nc2cc(Cl)ccc2OC)c1. The molecule has 6 nitrogen and oxygen atoms in total. The summed E-state index contributed by atoms with van der Waals surface area (Å²) in [5.41, 5.74) is 0.384. The van der Waals surface area contributed by atoms with Gasteiger partial charge in [-0.1, -0.05) is 37.0 Å². The van der Waals surface area contributed by atoms with Crippen LogP contribution < -0.4 is 10.1 Å². The van der Waals surface area contributed by atoms with E-state index in [0.717, 1.165) is 0 Å². The molecular weight excluding hydrogens is 411 g/mol. The Morgan fingerprint density at radius 3 is 2.37 bits per heavy atom. The van der Waals surface area contributed by atoms with E-state index in [0.29, 0.717) is 29.5 Å². The fourth-order valence-electron chi connectivity index (χ4n) is 2.52. The number of amides is 1. The highest BCUT2D eigenvalue weighted by Crippen LogP contribution is 2.29. The molecule has 27 heavy (non-hydrogen) atoms. The smallest absolute Gasteiger partial charge is 0.257 e. The maximum atomic E-state index is 12.7. The van der Waals surface area contributed by atoms with Gasteiger partial charge >= 0.3 is 0 Å². The molecule has 2 aromatic rings. The Morgan fingerprint density at radius 2 is 1.78 bits per heavy atom. The fraction of sp³-hybridized carbons (Fsp3) is 0.278. The monoisotopic (exact) mass is 430 g/mol. The van der Waals surface area contributed by atoms with Gasteiger partial charge in [-0.15, -0.1) is 0 Å². The Hall–Kier alpha value is -1.80. The fourth-order valence-corrected chi connectivity index (χ4v) is 4.38. The Balaban J connectivity index is 2.42. The van der Waals surface area contributed by atoms with Gasteiger partial charge in [0.05, 0.1) is 28.3 Å². The second-order valence-corrected chi connectivity index (χ2v) is 8.31. The zero-order valence-corrected chi connectivity index (χ0v) is 17.5. The summed E-state index contributed by atoms with van der Waals surface area (Å²) in [5.74, 6) is -0.159. The van der Waals surface area contributed by atoms with E-state index in [1.807, 2.05) is 0 Å². The van der Waals surface area contributed by atoms with Crippen LogP contribution >= 0.6 is 23.2 Å². The summed E-state index contributed by atoms with van der Waals surface area (Å²) in [6, 6.07) is 8.81. The molecule has 2 rings (SSSR count). The van der Waals surface area contributed by atoms with Crippen LogP contribution in [0, 0.1) is 0 Å². The van der Waals surface area contributed by atoms with E-state index in [-0.39, 0.29) is 15.5 Å². The second kappa shape index (κ2) is 8.93. The number of carbonyl (C=O) groups excluding carboxylic acids is 1. The minimum Gasteiger partial charge on any atom is -0.495 e. The molecule has 0 aliphatic heterocycles. The molecule has 0 fully saturated rings. The largest absolute Gasteiger partial charge is 0.495 e. The normalized spacial score (nSPS) is 11.5. The molecule has 0 bridgehead atoms. The van der Waals surface area contributed by atoms with E-state index < -0.39 is 15.9 Å². The molecule has 2 aromatic carbocycles. The molecule has 0 aromatic heterocycles. The van der Waals surface area contributed by atoms with Crippen molar-refractivity contribution in [2.45, 2.75) is 18.7 Å². The van der Waals surface area contributed by atoms with Gasteiger partial charge in [0.2, 0.25) is 10.0 Å². The van der Waals surface area contributed by atoms with Crippen LogP contribution in [0.2, 0.25) is 10.0 Å². The van der Waals surface area contributed by atoms with E-state index in [4.69, 9.17) is 27.9 Å². The third-order valence-electron chi connectivity index (χ3n) is 3.94. The molecule has 0 spiro atoms. The molecule has 146 valence electrons. The van der Waals surface area contributed by atoms with Crippen LogP contribution in [0.5, 0.6) is 5.75 Å². The Labute approximate surface area is 169 Å². The molecule has 9 heteroatoms.